The van der Waals surface area contributed by atoms with Gasteiger partial charge in [0.05, 0.1) is 0 Å². The van der Waals surface area contributed by atoms with Crippen LogP contribution in [-0.4, -0.2) is 24.6 Å². The number of hydrogen-bond donors (Lipinski definition) is 1. The summed E-state index contributed by atoms with van der Waals surface area (Å²) in [4.78, 5) is 12.3. The van der Waals surface area contributed by atoms with Crippen LogP contribution in [0.25, 0.3) is 16.6 Å². The molecule has 0 amide bonds. The van der Waals surface area contributed by atoms with Crippen LogP contribution in [-0.2, 0) is 0 Å². The second kappa shape index (κ2) is 4.68. The molecular formula is C14H9ClN6. The Morgan fingerprint density at radius 3 is 3.10 bits per heavy atom. The number of nitrogens with one attached hydrogen (secondary N) is 1. The van der Waals surface area contributed by atoms with Gasteiger partial charge in [0.25, 0.3) is 5.78 Å². The molecular weight excluding hydrogens is 288 g/mol. The van der Waals surface area contributed by atoms with Gasteiger partial charge < -0.3 is 5.32 Å². The van der Waals surface area contributed by atoms with E-state index in [9.17, 15) is 0 Å². The zero-order valence-corrected chi connectivity index (χ0v) is 11.5. The Bertz CT molecular complexity index is 943. The van der Waals surface area contributed by atoms with E-state index in [1.165, 1.54) is 6.33 Å². The van der Waals surface area contributed by atoms with Crippen molar-refractivity contribution in [2.75, 3.05) is 5.32 Å². The maximum absolute atomic E-state index is 6.02. The molecule has 0 fully saturated rings. The second-order valence-electron chi connectivity index (χ2n) is 4.46. The highest BCUT2D eigenvalue weighted by atomic mass is 35.5. The normalized spacial score (nSPS) is 11.1. The van der Waals surface area contributed by atoms with E-state index in [0.29, 0.717) is 16.7 Å². The molecule has 0 aliphatic carbocycles. The van der Waals surface area contributed by atoms with E-state index in [1.54, 1.807) is 16.8 Å². The lowest BCUT2D eigenvalue weighted by Gasteiger charge is -2.10. The molecule has 0 spiro atoms. The van der Waals surface area contributed by atoms with E-state index in [4.69, 9.17) is 11.6 Å². The molecule has 0 atom stereocenters. The molecule has 1 N–H and O–H groups in total. The number of nitrogens with zero attached hydrogens (tertiary/aromatic N) is 5. The van der Waals surface area contributed by atoms with Gasteiger partial charge in [0.2, 0.25) is 0 Å². The van der Waals surface area contributed by atoms with E-state index in [2.05, 4.69) is 25.4 Å². The predicted octanol–water partition coefficient (Wildman–Crippen LogP) is 3.07. The fraction of sp³-hybridized carbons (Fsp3) is 0. The molecule has 7 heteroatoms. The van der Waals surface area contributed by atoms with Gasteiger partial charge in [-0.1, -0.05) is 23.7 Å². The van der Waals surface area contributed by atoms with Crippen LogP contribution in [0, 0.1) is 0 Å². The Morgan fingerprint density at radius 1 is 1.19 bits per heavy atom. The van der Waals surface area contributed by atoms with Crippen molar-refractivity contribution in [2.45, 2.75) is 0 Å². The fourth-order valence-electron chi connectivity index (χ4n) is 2.24. The minimum absolute atomic E-state index is 0.361. The summed E-state index contributed by atoms with van der Waals surface area (Å²) in [7, 11) is 0. The molecule has 0 aliphatic heterocycles. The van der Waals surface area contributed by atoms with Gasteiger partial charge in [-0.15, -0.1) is 0 Å². The quantitative estimate of drug-likeness (QED) is 0.576. The summed E-state index contributed by atoms with van der Waals surface area (Å²) < 4.78 is 1.60. The first-order valence-corrected chi connectivity index (χ1v) is 6.65. The monoisotopic (exact) mass is 296 g/mol. The molecule has 4 aromatic rings. The first kappa shape index (κ1) is 12.0. The maximum Gasteiger partial charge on any atom is 0.255 e. The molecule has 0 saturated heterocycles. The predicted molar refractivity (Wildman–Crippen MR) is 80.8 cm³/mol. The largest absolute Gasteiger partial charge is 0.339 e. The van der Waals surface area contributed by atoms with Gasteiger partial charge in [-0.3, -0.25) is 4.98 Å². The van der Waals surface area contributed by atoms with Gasteiger partial charge in [0.15, 0.2) is 0 Å². The minimum Gasteiger partial charge on any atom is -0.339 e. The lowest BCUT2D eigenvalue weighted by molar-refractivity contribution is 0.947. The third-order valence-corrected chi connectivity index (χ3v) is 3.36. The maximum atomic E-state index is 6.02. The molecule has 0 unspecified atom stereocenters. The summed E-state index contributed by atoms with van der Waals surface area (Å²) in [6, 6.07) is 9.63. The number of hydrogen-bond acceptors (Lipinski definition) is 5. The van der Waals surface area contributed by atoms with Gasteiger partial charge in [0, 0.05) is 34.9 Å². The van der Waals surface area contributed by atoms with Crippen LogP contribution in [0.2, 0.25) is 5.15 Å². The summed E-state index contributed by atoms with van der Waals surface area (Å²) in [6.45, 7) is 0. The van der Waals surface area contributed by atoms with E-state index < -0.39 is 0 Å². The highest BCUT2D eigenvalue weighted by Crippen LogP contribution is 2.26. The van der Waals surface area contributed by atoms with Crippen LogP contribution in [0.5, 0.6) is 0 Å². The molecule has 102 valence electrons. The lowest BCUT2D eigenvalue weighted by Crippen LogP contribution is -2.02. The van der Waals surface area contributed by atoms with E-state index in [-0.39, 0.29) is 0 Å². The topological polar surface area (TPSA) is 68.0 Å². The van der Waals surface area contributed by atoms with Crippen LogP contribution in [0.4, 0.5) is 11.5 Å². The van der Waals surface area contributed by atoms with Crippen molar-refractivity contribution < 1.29 is 0 Å². The van der Waals surface area contributed by atoms with Crippen LogP contribution in [0.1, 0.15) is 0 Å². The van der Waals surface area contributed by atoms with Gasteiger partial charge in [0.1, 0.15) is 17.3 Å². The van der Waals surface area contributed by atoms with Crippen LogP contribution >= 0.6 is 11.6 Å². The van der Waals surface area contributed by atoms with Crippen LogP contribution in [0.3, 0.4) is 0 Å². The molecule has 3 aromatic heterocycles. The zero-order valence-electron chi connectivity index (χ0n) is 10.7. The van der Waals surface area contributed by atoms with Gasteiger partial charge in [-0.25, -0.2) is 0 Å². The molecule has 3 heterocycles. The van der Waals surface area contributed by atoms with Gasteiger partial charge >= 0.3 is 0 Å². The third-order valence-electron chi connectivity index (χ3n) is 3.16. The Morgan fingerprint density at radius 2 is 2.14 bits per heavy atom. The first-order chi connectivity index (χ1) is 10.3. The summed E-state index contributed by atoms with van der Waals surface area (Å²) in [6.07, 6.45) is 5.03. The third kappa shape index (κ3) is 2.05. The number of halogens is 1. The molecule has 0 saturated carbocycles. The van der Waals surface area contributed by atoms with E-state index in [0.717, 1.165) is 16.5 Å². The van der Waals surface area contributed by atoms with E-state index in [1.807, 2.05) is 30.5 Å². The average molecular weight is 297 g/mol. The number of rotatable bonds is 2. The number of anilines is 2. The highest BCUT2D eigenvalue weighted by molar-refractivity contribution is 6.29. The number of fused-ring (bicyclic) bond motifs is 2. The van der Waals surface area contributed by atoms with Crippen molar-refractivity contribution >= 4 is 39.7 Å². The smallest absolute Gasteiger partial charge is 0.255 e. The van der Waals surface area contributed by atoms with Crippen molar-refractivity contribution in [1.29, 1.82) is 0 Å². The Labute approximate surface area is 124 Å². The Hall–Kier alpha value is -2.73. The molecule has 1 aromatic carbocycles. The van der Waals surface area contributed by atoms with Crippen molar-refractivity contribution in [1.82, 2.24) is 24.6 Å². The summed E-state index contributed by atoms with van der Waals surface area (Å²) in [5.41, 5.74) is 0.939. The zero-order chi connectivity index (χ0) is 14.2. The standard InChI is InChI=1S/C14H9ClN6/c15-12-6-13(21-14(20-12)17-8-18-21)19-11-3-1-2-9-7-16-5-4-10(9)11/h1-8,19H. The van der Waals surface area contributed by atoms with Crippen molar-refractivity contribution in [3.63, 3.8) is 0 Å². The minimum atomic E-state index is 0.361. The Balaban J connectivity index is 1.89. The second-order valence-corrected chi connectivity index (χ2v) is 4.85. The molecule has 0 bridgehead atoms. The van der Waals surface area contributed by atoms with Crippen LogP contribution in [0.15, 0.2) is 49.1 Å². The molecule has 6 nitrogen and oxygen atoms in total. The molecule has 4 rings (SSSR count). The highest BCUT2D eigenvalue weighted by Gasteiger charge is 2.08. The summed E-state index contributed by atoms with van der Waals surface area (Å²) in [5.74, 6) is 1.15. The molecule has 0 aliphatic rings. The average Bonchev–Trinajstić information content (AvgIpc) is 2.96. The van der Waals surface area contributed by atoms with E-state index >= 15 is 0 Å². The van der Waals surface area contributed by atoms with Crippen molar-refractivity contribution in [2.24, 2.45) is 0 Å². The SMILES string of the molecule is Clc1cc(Nc2cccc3cnccc23)n2ncnc2n1. The number of benzene rings is 1. The lowest BCUT2D eigenvalue weighted by atomic mass is 10.1. The molecule has 21 heavy (non-hydrogen) atoms. The van der Waals surface area contributed by atoms with Crippen molar-refractivity contribution in [3.8, 4) is 0 Å². The molecule has 0 radical (unpaired) electrons. The van der Waals surface area contributed by atoms with Crippen LogP contribution < -0.4 is 5.32 Å². The van der Waals surface area contributed by atoms with Gasteiger partial charge in [-0.05, 0) is 12.1 Å². The van der Waals surface area contributed by atoms with Crippen molar-refractivity contribution in [3.05, 3.63) is 54.2 Å². The summed E-state index contributed by atoms with van der Waals surface area (Å²) in [5, 5.41) is 9.95. The number of aromatic nitrogens is 5. The fourth-order valence-corrected chi connectivity index (χ4v) is 2.42. The first-order valence-electron chi connectivity index (χ1n) is 6.27. The number of pyridine rings is 1. The summed E-state index contributed by atoms with van der Waals surface area (Å²) >= 11 is 6.02. The Kier molecular flexibility index (Phi) is 2.68. The van der Waals surface area contributed by atoms with Gasteiger partial charge in [-0.2, -0.15) is 19.6 Å².